The Hall–Kier alpha value is -3.21. The van der Waals surface area contributed by atoms with E-state index in [0.29, 0.717) is 28.8 Å². The Morgan fingerprint density at radius 2 is 2.07 bits per heavy atom. The number of aryl methyl sites for hydroxylation is 1. The molecule has 2 bridgehead atoms. The SMILES string of the molecule is CN(c1cnc(-c2ccc(-c3nnn(C)n3)cc2O)nn1)[C@@H]1C[C@@H]2CC[C@H](N2)[C@@H]1F. The maximum Gasteiger partial charge on any atom is 0.205 e. The lowest BCUT2D eigenvalue weighted by atomic mass is 9.96. The number of alkyl halides is 1. The van der Waals surface area contributed by atoms with Gasteiger partial charge in [-0.3, -0.25) is 0 Å². The van der Waals surface area contributed by atoms with Crippen molar-refractivity contribution in [3.8, 4) is 28.5 Å². The highest BCUT2D eigenvalue weighted by Gasteiger charge is 2.43. The summed E-state index contributed by atoms with van der Waals surface area (Å²) in [5.74, 6) is 1.19. The maximum absolute atomic E-state index is 14.8. The average molecular weight is 411 g/mol. The van der Waals surface area contributed by atoms with Crippen LogP contribution in [0.25, 0.3) is 22.8 Å². The molecule has 30 heavy (non-hydrogen) atoms. The molecule has 0 radical (unpaired) electrons. The number of halogens is 1. The topological polar surface area (TPSA) is 118 Å². The van der Waals surface area contributed by atoms with Crippen molar-refractivity contribution in [2.24, 2.45) is 7.05 Å². The number of fused-ring (bicyclic) bond motifs is 2. The van der Waals surface area contributed by atoms with Crippen molar-refractivity contribution in [2.75, 3.05) is 11.9 Å². The number of piperidine rings is 1. The van der Waals surface area contributed by atoms with Gasteiger partial charge in [-0.25, -0.2) is 9.37 Å². The molecule has 11 heteroatoms. The maximum atomic E-state index is 14.8. The highest BCUT2D eigenvalue weighted by molar-refractivity contribution is 5.69. The molecule has 2 aliphatic rings. The van der Waals surface area contributed by atoms with E-state index in [1.807, 2.05) is 11.9 Å². The zero-order chi connectivity index (χ0) is 20.8. The molecule has 156 valence electrons. The molecule has 1 aromatic carbocycles. The van der Waals surface area contributed by atoms with Gasteiger partial charge in [0, 0.05) is 24.7 Å². The fourth-order valence-electron chi connectivity index (χ4n) is 4.33. The fraction of sp³-hybridized carbons (Fsp3) is 0.474. The van der Waals surface area contributed by atoms with Crippen LogP contribution in [0.5, 0.6) is 5.75 Å². The molecule has 10 nitrogen and oxygen atoms in total. The number of tetrazole rings is 1. The fourth-order valence-corrected chi connectivity index (χ4v) is 4.33. The van der Waals surface area contributed by atoms with Gasteiger partial charge in [0.05, 0.1) is 24.8 Å². The third-order valence-corrected chi connectivity index (χ3v) is 5.97. The normalized spacial score (nSPS) is 25.4. The van der Waals surface area contributed by atoms with Gasteiger partial charge >= 0.3 is 0 Å². The van der Waals surface area contributed by atoms with Crippen LogP contribution in [0.15, 0.2) is 24.4 Å². The molecule has 0 amide bonds. The molecule has 5 rings (SSSR count). The molecule has 2 saturated heterocycles. The second-order valence-electron chi connectivity index (χ2n) is 7.88. The molecule has 0 spiro atoms. The predicted octanol–water partition coefficient (Wildman–Crippen LogP) is 1.10. The first-order valence-corrected chi connectivity index (χ1v) is 9.90. The Kier molecular flexibility index (Phi) is 4.54. The number of aromatic hydroxyl groups is 1. The number of anilines is 1. The molecule has 2 N–H and O–H groups in total. The van der Waals surface area contributed by atoms with Crippen molar-refractivity contribution in [1.29, 1.82) is 0 Å². The lowest BCUT2D eigenvalue weighted by Crippen LogP contribution is -2.55. The van der Waals surface area contributed by atoms with E-state index in [2.05, 4.69) is 35.9 Å². The Labute approximate surface area is 172 Å². The van der Waals surface area contributed by atoms with Crippen molar-refractivity contribution in [1.82, 2.24) is 40.7 Å². The van der Waals surface area contributed by atoms with E-state index in [1.54, 1.807) is 25.4 Å². The van der Waals surface area contributed by atoms with Crippen LogP contribution in [0.2, 0.25) is 0 Å². The minimum Gasteiger partial charge on any atom is -0.507 e. The highest BCUT2D eigenvalue weighted by Crippen LogP contribution is 2.34. The first-order chi connectivity index (χ1) is 14.5. The second kappa shape index (κ2) is 7.24. The summed E-state index contributed by atoms with van der Waals surface area (Å²) in [6.45, 7) is 0. The molecule has 0 saturated carbocycles. The summed E-state index contributed by atoms with van der Waals surface area (Å²) in [5.41, 5.74) is 1.07. The lowest BCUT2D eigenvalue weighted by molar-refractivity contribution is 0.176. The van der Waals surface area contributed by atoms with Crippen molar-refractivity contribution in [2.45, 2.75) is 43.6 Å². The number of phenolic OH excluding ortho intramolecular Hbond substituents is 1. The average Bonchev–Trinajstić information content (AvgIpc) is 3.37. The van der Waals surface area contributed by atoms with Gasteiger partial charge in [-0.15, -0.1) is 20.4 Å². The summed E-state index contributed by atoms with van der Waals surface area (Å²) in [4.78, 5) is 7.52. The molecule has 0 aliphatic carbocycles. The van der Waals surface area contributed by atoms with Crippen LogP contribution in [0, 0.1) is 0 Å². The first-order valence-electron chi connectivity index (χ1n) is 9.90. The first kappa shape index (κ1) is 18.8. The van der Waals surface area contributed by atoms with Crippen LogP contribution >= 0.6 is 0 Å². The summed E-state index contributed by atoms with van der Waals surface area (Å²) < 4.78 is 14.8. The molecule has 2 aromatic heterocycles. The van der Waals surface area contributed by atoms with E-state index in [1.165, 1.54) is 10.9 Å². The van der Waals surface area contributed by atoms with Gasteiger partial charge in [-0.1, -0.05) is 6.07 Å². The van der Waals surface area contributed by atoms with Crippen LogP contribution in [0.1, 0.15) is 19.3 Å². The van der Waals surface area contributed by atoms with Crippen molar-refractivity contribution < 1.29 is 9.50 Å². The van der Waals surface area contributed by atoms with Gasteiger partial charge < -0.3 is 15.3 Å². The van der Waals surface area contributed by atoms with E-state index in [0.717, 1.165) is 19.3 Å². The Bertz CT molecular complexity index is 1060. The quantitative estimate of drug-likeness (QED) is 0.651. The second-order valence-corrected chi connectivity index (χ2v) is 7.88. The molecule has 3 aromatic rings. The molecular weight excluding hydrogens is 389 g/mol. The number of phenols is 1. The van der Waals surface area contributed by atoms with Gasteiger partial charge in [0.2, 0.25) is 5.82 Å². The van der Waals surface area contributed by atoms with Crippen LogP contribution in [0.3, 0.4) is 0 Å². The van der Waals surface area contributed by atoms with Crippen LogP contribution < -0.4 is 10.2 Å². The smallest absolute Gasteiger partial charge is 0.205 e. The summed E-state index contributed by atoms with van der Waals surface area (Å²) >= 11 is 0. The standard InChI is InChI=1S/C19H22FN9O/c1-28(14-8-11-4-6-13(22-11)17(14)20)16-9-21-19(24-23-16)12-5-3-10(7-15(12)30)18-25-27-29(2)26-18/h3,5,7,9,11,13-14,17,22,30H,4,6,8H2,1-2H3/t11-,13-,14+,17-/m0/s1. The van der Waals surface area contributed by atoms with E-state index in [4.69, 9.17) is 0 Å². The van der Waals surface area contributed by atoms with Gasteiger partial charge in [-0.2, -0.15) is 4.80 Å². The number of nitrogens with one attached hydrogen (secondary N) is 1. The van der Waals surface area contributed by atoms with Gasteiger partial charge in [0.15, 0.2) is 11.6 Å². The van der Waals surface area contributed by atoms with E-state index >= 15 is 0 Å². The monoisotopic (exact) mass is 411 g/mol. The predicted molar refractivity (Wildman–Crippen MR) is 106 cm³/mol. The summed E-state index contributed by atoms with van der Waals surface area (Å²) in [7, 11) is 3.50. The largest absolute Gasteiger partial charge is 0.507 e. The van der Waals surface area contributed by atoms with E-state index in [9.17, 15) is 9.50 Å². The van der Waals surface area contributed by atoms with Gasteiger partial charge in [0.25, 0.3) is 0 Å². The number of hydrogen-bond acceptors (Lipinski definition) is 9. The Morgan fingerprint density at radius 3 is 2.77 bits per heavy atom. The lowest BCUT2D eigenvalue weighted by Gasteiger charge is -2.38. The molecule has 2 aliphatic heterocycles. The van der Waals surface area contributed by atoms with E-state index < -0.39 is 6.17 Å². The number of hydrogen-bond donors (Lipinski definition) is 2. The zero-order valence-corrected chi connectivity index (χ0v) is 16.6. The molecule has 4 atom stereocenters. The third kappa shape index (κ3) is 3.24. The molecular formula is C19H22FN9O. The number of nitrogens with zero attached hydrogens (tertiary/aromatic N) is 8. The van der Waals surface area contributed by atoms with Crippen LogP contribution in [-0.2, 0) is 7.05 Å². The zero-order valence-electron chi connectivity index (χ0n) is 16.6. The Morgan fingerprint density at radius 1 is 1.20 bits per heavy atom. The summed E-state index contributed by atoms with van der Waals surface area (Å²) in [6.07, 6.45) is 3.23. The molecule has 2 fully saturated rings. The third-order valence-electron chi connectivity index (χ3n) is 5.97. The van der Waals surface area contributed by atoms with Gasteiger partial charge in [0.1, 0.15) is 11.9 Å². The minimum atomic E-state index is -0.957. The molecule has 0 unspecified atom stereocenters. The van der Waals surface area contributed by atoms with E-state index in [-0.39, 0.29) is 23.7 Å². The highest BCUT2D eigenvalue weighted by atomic mass is 19.1. The summed E-state index contributed by atoms with van der Waals surface area (Å²) in [5, 5.41) is 34.0. The van der Waals surface area contributed by atoms with Crippen LogP contribution in [0.4, 0.5) is 10.2 Å². The Balaban J connectivity index is 1.36. The number of benzene rings is 1. The number of rotatable bonds is 4. The molecule has 4 heterocycles. The van der Waals surface area contributed by atoms with Gasteiger partial charge in [-0.05, 0) is 36.6 Å². The van der Waals surface area contributed by atoms with Crippen LogP contribution in [-0.4, -0.2) is 71.8 Å². The van der Waals surface area contributed by atoms with Crippen molar-refractivity contribution in [3.05, 3.63) is 24.4 Å². The summed E-state index contributed by atoms with van der Waals surface area (Å²) in [6, 6.07) is 4.99. The van der Waals surface area contributed by atoms with Crippen molar-refractivity contribution in [3.63, 3.8) is 0 Å². The minimum absolute atomic E-state index is 0.0124. The number of aromatic nitrogens is 7. The van der Waals surface area contributed by atoms with Crippen molar-refractivity contribution >= 4 is 5.82 Å².